The van der Waals surface area contributed by atoms with Gasteiger partial charge in [0.2, 0.25) is 0 Å². The predicted octanol–water partition coefficient (Wildman–Crippen LogP) is 5.45. The van der Waals surface area contributed by atoms with Crippen molar-refractivity contribution in [1.29, 1.82) is 0 Å². The maximum absolute atomic E-state index is 12.1. The summed E-state index contributed by atoms with van der Waals surface area (Å²) in [5, 5.41) is 0. The number of rotatable bonds is 10. The molecule has 0 aliphatic rings. The molecule has 2 aromatic carbocycles. The maximum atomic E-state index is 12.1. The number of hydrogen-bond donors (Lipinski definition) is 0. The van der Waals surface area contributed by atoms with Crippen LogP contribution in [0.4, 0.5) is 0 Å². The fourth-order valence-electron chi connectivity index (χ4n) is 2.75. The van der Waals surface area contributed by atoms with Crippen LogP contribution in [0.25, 0.3) is 12.2 Å². The summed E-state index contributed by atoms with van der Waals surface area (Å²) in [5.74, 6) is -0.795. The molecule has 152 valence electrons. The third-order valence-corrected chi connectivity index (χ3v) is 4.42. The van der Waals surface area contributed by atoms with Crippen molar-refractivity contribution in [1.82, 2.24) is 0 Å². The van der Waals surface area contributed by atoms with E-state index in [1.165, 1.54) is 12.2 Å². The first-order valence-corrected chi connectivity index (χ1v) is 9.98. The molecule has 0 aromatic heterocycles. The van der Waals surface area contributed by atoms with E-state index in [4.69, 9.17) is 9.47 Å². The van der Waals surface area contributed by atoms with Gasteiger partial charge in [0, 0.05) is 18.6 Å². The minimum Gasteiger partial charge on any atom is -0.459 e. The molecule has 0 amide bonds. The van der Waals surface area contributed by atoms with Gasteiger partial charge < -0.3 is 9.47 Å². The Morgan fingerprint density at radius 1 is 0.724 bits per heavy atom. The van der Waals surface area contributed by atoms with Crippen LogP contribution in [0.5, 0.6) is 0 Å². The molecule has 0 radical (unpaired) electrons. The normalized spacial score (nSPS) is 13.3. The molecular weight excluding hydrogens is 364 g/mol. The average molecular weight is 392 g/mol. The quantitative estimate of drug-likeness (QED) is 0.399. The van der Waals surface area contributed by atoms with Crippen LogP contribution in [0.3, 0.4) is 0 Å². The molecule has 0 aliphatic heterocycles. The molecular formula is C25H28O4. The second-order valence-corrected chi connectivity index (χ2v) is 6.66. The highest BCUT2D eigenvalue weighted by molar-refractivity contribution is 5.87. The van der Waals surface area contributed by atoms with E-state index >= 15 is 0 Å². The van der Waals surface area contributed by atoms with Gasteiger partial charge in [-0.25, -0.2) is 9.59 Å². The van der Waals surface area contributed by atoms with Crippen molar-refractivity contribution in [2.75, 3.05) is 0 Å². The molecule has 4 heteroatoms. The highest BCUT2D eigenvalue weighted by Gasteiger charge is 2.19. The van der Waals surface area contributed by atoms with Gasteiger partial charge in [-0.3, -0.25) is 0 Å². The summed E-state index contributed by atoms with van der Waals surface area (Å²) in [5.41, 5.74) is 1.87. The van der Waals surface area contributed by atoms with E-state index in [1.54, 1.807) is 12.2 Å². The molecule has 29 heavy (non-hydrogen) atoms. The Bertz CT molecular complexity index is 740. The van der Waals surface area contributed by atoms with E-state index in [0.717, 1.165) is 11.1 Å². The van der Waals surface area contributed by atoms with Crippen molar-refractivity contribution in [3.63, 3.8) is 0 Å². The third-order valence-electron chi connectivity index (χ3n) is 4.42. The van der Waals surface area contributed by atoms with E-state index in [2.05, 4.69) is 0 Å². The Morgan fingerprint density at radius 2 is 1.10 bits per heavy atom. The Morgan fingerprint density at radius 3 is 1.45 bits per heavy atom. The first kappa shape index (κ1) is 22.2. The van der Waals surface area contributed by atoms with Crippen LogP contribution in [0.1, 0.15) is 44.2 Å². The van der Waals surface area contributed by atoms with Crippen molar-refractivity contribution < 1.29 is 19.1 Å². The molecule has 0 spiro atoms. The predicted molar refractivity (Wildman–Crippen MR) is 116 cm³/mol. The zero-order valence-electron chi connectivity index (χ0n) is 17.0. The van der Waals surface area contributed by atoms with Crippen LogP contribution >= 0.6 is 0 Å². The second kappa shape index (κ2) is 12.3. The number of esters is 2. The summed E-state index contributed by atoms with van der Waals surface area (Å²) in [6, 6.07) is 19.1. The lowest BCUT2D eigenvalue weighted by atomic mass is 10.1. The number of benzene rings is 2. The van der Waals surface area contributed by atoms with Crippen LogP contribution in [0.15, 0.2) is 72.8 Å². The molecule has 0 saturated heterocycles. The Kier molecular flexibility index (Phi) is 9.43. The van der Waals surface area contributed by atoms with Crippen LogP contribution in [-0.4, -0.2) is 24.1 Å². The lowest BCUT2D eigenvalue weighted by molar-refractivity contribution is -0.149. The third kappa shape index (κ3) is 8.60. The largest absolute Gasteiger partial charge is 0.459 e. The van der Waals surface area contributed by atoms with Crippen LogP contribution < -0.4 is 0 Å². The fourth-order valence-corrected chi connectivity index (χ4v) is 2.75. The molecule has 0 N–H and O–H groups in total. The zero-order chi connectivity index (χ0) is 20.9. The van der Waals surface area contributed by atoms with Crippen molar-refractivity contribution in [3.8, 4) is 0 Å². The molecule has 2 unspecified atom stereocenters. The Labute approximate surface area is 172 Å². The molecule has 0 saturated carbocycles. The van der Waals surface area contributed by atoms with Gasteiger partial charge in [-0.1, -0.05) is 74.5 Å². The second-order valence-electron chi connectivity index (χ2n) is 6.66. The van der Waals surface area contributed by atoms with Gasteiger partial charge in [-0.05, 0) is 36.1 Å². The summed E-state index contributed by atoms with van der Waals surface area (Å²) >= 11 is 0. The van der Waals surface area contributed by atoms with Crippen LogP contribution in [0, 0.1) is 0 Å². The highest BCUT2D eigenvalue weighted by atomic mass is 16.6. The highest BCUT2D eigenvalue weighted by Crippen LogP contribution is 2.14. The molecule has 0 aliphatic carbocycles. The molecule has 2 aromatic rings. The molecule has 2 atom stereocenters. The number of ether oxygens (including phenoxy) is 2. The van der Waals surface area contributed by atoms with Gasteiger partial charge >= 0.3 is 11.9 Å². The van der Waals surface area contributed by atoms with Gasteiger partial charge in [-0.2, -0.15) is 0 Å². The van der Waals surface area contributed by atoms with E-state index in [9.17, 15) is 9.59 Å². The molecule has 0 heterocycles. The molecule has 4 nitrogen and oxygen atoms in total. The average Bonchev–Trinajstić information content (AvgIpc) is 2.76. The lowest BCUT2D eigenvalue weighted by Crippen LogP contribution is -2.25. The van der Waals surface area contributed by atoms with Crippen LogP contribution in [0.2, 0.25) is 0 Å². The maximum Gasteiger partial charge on any atom is 0.331 e. The minimum absolute atomic E-state index is 0.307. The first-order chi connectivity index (χ1) is 14.1. The number of carbonyl (C=O) groups is 2. The summed E-state index contributed by atoms with van der Waals surface area (Å²) in [4.78, 5) is 24.2. The minimum atomic E-state index is -0.397. The first-order valence-electron chi connectivity index (χ1n) is 9.98. The lowest BCUT2D eigenvalue weighted by Gasteiger charge is -2.21. The molecule has 0 fully saturated rings. The molecule has 0 bridgehead atoms. The van der Waals surface area contributed by atoms with Gasteiger partial charge in [0.15, 0.2) is 0 Å². The fraction of sp³-hybridized carbons (Fsp3) is 0.280. The summed E-state index contributed by atoms with van der Waals surface area (Å²) < 4.78 is 11.1. The van der Waals surface area contributed by atoms with Crippen molar-refractivity contribution in [3.05, 3.63) is 83.9 Å². The molecule has 2 rings (SSSR count). The summed E-state index contributed by atoms with van der Waals surface area (Å²) in [6.45, 7) is 3.89. The van der Waals surface area contributed by atoms with E-state index in [1.807, 2.05) is 74.5 Å². The topological polar surface area (TPSA) is 52.6 Å². The number of hydrogen-bond acceptors (Lipinski definition) is 4. The summed E-state index contributed by atoms with van der Waals surface area (Å²) in [7, 11) is 0. The number of carbonyl (C=O) groups excluding carboxylic acids is 2. The van der Waals surface area contributed by atoms with Crippen molar-refractivity contribution in [2.24, 2.45) is 0 Å². The van der Waals surface area contributed by atoms with Gasteiger partial charge in [-0.15, -0.1) is 0 Å². The van der Waals surface area contributed by atoms with Gasteiger partial charge in [0.25, 0.3) is 0 Å². The van der Waals surface area contributed by atoms with Crippen LogP contribution in [-0.2, 0) is 19.1 Å². The smallest absolute Gasteiger partial charge is 0.331 e. The van der Waals surface area contributed by atoms with Crippen molar-refractivity contribution in [2.45, 2.75) is 45.3 Å². The monoisotopic (exact) mass is 392 g/mol. The zero-order valence-corrected chi connectivity index (χ0v) is 17.0. The van der Waals surface area contributed by atoms with E-state index in [0.29, 0.717) is 19.3 Å². The van der Waals surface area contributed by atoms with E-state index in [-0.39, 0.29) is 12.2 Å². The van der Waals surface area contributed by atoms with E-state index < -0.39 is 11.9 Å². The summed E-state index contributed by atoms with van der Waals surface area (Å²) in [6.07, 6.45) is 7.46. The van der Waals surface area contributed by atoms with Gasteiger partial charge in [0.05, 0.1) is 0 Å². The Balaban J connectivity index is 1.85. The van der Waals surface area contributed by atoms with Gasteiger partial charge in [0.1, 0.15) is 12.2 Å². The Hall–Kier alpha value is -3.14. The standard InChI is InChI=1S/C25H28O4/c1-3-22(28-24(26)17-15-20-11-7-5-8-12-20)19-23(4-2)29-25(27)18-16-21-13-9-6-10-14-21/h5-18,22-23H,3-4,19H2,1-2H3. The SMILES string of the molecule is CCC(CC(CC)OC(=O)C=Cc1ccccc1)OC(=O)C=Cc1ccccc1. The van der Waals surface area contributed by atoms with Crippen molar-refractivity contribution >= 4 is 24.1 Å².